The SMILES string of the molecule is CNC1=C(N)C(=O)N(C)C1=O. The van der Waals surface area contributed by atoms with Crippen molar-refractivity contribution in [3.63, 3.8) is 0 Å². The summed E-state index contributed by atoms with van der Waals surface area (Å²) in [5.74, 6) is -0.825. The van der Waals surface area contributed by atoms with Crippen molar-refractivity contribution in [2.75, 3.05) is 14.1 Å². The van der Waals surface area contributed by atoms with Crippen LogP contribution in [0.1, 0.15) is 0 Å². The van der Waals surface area contributed by atoms with Gasteiger partial charge in [-0.2, -0.15) is 0 Å². The number of nitrogens with zero attached hydrogens (tertiary/aromatic N) is 1. The molecule has 0 atom stereocenters. The Balaban J connectivity index is 3.08. The highest BCUT2D eigenvalue weighted by Gasteiger charge is 2.33. The summed E-state index contributed by atoms with van der Waals surface area (Å²) in [4.78, 5) is 23.0. The molecule has 0 fully saturated rings. The third kappa shape index (κ3) is 0.849. The highest BCUT2D eigenvalue weighted by molar-refractivity contribution is 6.18. The molecule has 1 rings (SSSR count). The molecule has 11 heavy (non-hydrogen) atoms. The van der Waals surface area contributed by atoms with E-state index in [1.54, 1.807) is 7.05 Å². The second kappa shape index (κ2) is 2.26. The molecule has 0 bridgehead atoms. The molecule has 1 aliphatic rings. The highest BCUT2D eigenvalue weighted by atomic mass is 16.2. The van der Waals surface area contributed by atoms with E-state index in [4.69, 9.17) is 5.73 Å². The molecule has 0 unspecified atom stereocenters. The van der Waals surface area contributed by atoms with Crippen molar-refractivity contribution in [2.24, 2.45) is 5.73 Å². The van der Waals surface area contributed by atoms with Crippen molar-refractivity contribution in [3.8, 4) is 0 Å². The summed E-state index contributed by atoms with van der Waals surface area (Å²) in [6, 6.07) is 0. The molecule has 0 aromatic rings. The Morgan fingerprint density at radius 2 is 1.91 bits per heavy atom. The lowest BCUT2D eigenvalue weighted by atomic mass is 10.4. The van der Waals surface area contributed by atoms with Crippen molar-refractivity contribution in [2.45, 2.75) is 0 Å². The first-order chi connectivity index (χ1) is 5.09. The monoisotopic (exact) mass is 155 g/mol. The number of hydrogen-bond donors (Lipinski definition) is 2. The summed E-state index contributed by atoms with van der Waals surface area (Å²) in [5.41, 5.74) is 5.48. The fourth-order valence-electron chi connectivity index (χ4n) is 0.904. The fourth-order valence-corrected chi connectivity index (χ4v) is 0.904. The second-order valence-corrected chi connectivity index (χ2v) is 2.21. The maximum absolute atomic E-state index is 11.1. The van der Waals surface area contributed by atoms with Crippen molar-refractivity contribution in [3.05, 3.63) is 11.4 Å². The van der Waals surface area contributed by atoms with Crippen LogP contribution in [0.5, 0.6) is 0 Å². The van der Waals surface area contributed by atoms with E-state index in [0.29, 0.717) is 0 Å². The lowest BCUT2D eigenvalue weighted by Gasteiger charge is -2.04. The predicted octanol–water partition coefficient (Wildman–Crippen LogP) is -1.63. The van der Waals surface area contributed by atoms with Crippen LogP contribution in [0.3, 0.4) is 0 Å². The number of amides is 2. The van der Waals surface area contributed by atoms with Crippen molar-refractivity contribution in [1.29, 1.82) is 0 Å². The molecule has 3 N–H and O–H groups in total. The first-order valence-corrected chi connectivity index (χ1v) is 3.09. The number of likely N-dealkylation sites (N-methyl/N-ethyl adjacent to an activating group) is 2. The molecule has 1 heterocycles. The molecule has 0 aromatic carbocycles. The minimum Gasteiger partial charge on any atom is -0.392 e. The minimum absolute atomic E-state index is 0.0139. The summed E-state index contributed by atoms with van der Waals surface area (Å²) < 4.78 is 0. The summed E-state index contributed by atoms with van der Waals surface area (Å²) >= 11 is 0. The van der Waals surface area contributed by atoms with Gasteiger partial charge in [0, 0.05) is 14.1 Å². The zero-order chi connectivity index (χ0) is 8.59. The van der Waals surface area contributed by atoms with Crippen LogP contribution in [0.25, 0.3) is 0 Å². The Bertz CT molecular complexity index is 257. The standard InChI is InChI=1S/C6H9N3O2/c1-8-4-3(7)5(10)9(2)6(4)11/h8H,7H2,1-2H3. The Labute approximate surface area is 63.8 Å². The van der Waals surface area contributed by atoms with Gasteiger partial charge in [0.25, 0.3) is 11.8 Å². The molecule has 60 valence electrons. The average Bonchev–Trinajstić information content (AvgIpc) is 2.17. The van der Waals surface area contributed by atoms with Gasteiger partial charge < -0.3 is 11.1 Å². The quantitative estimate of drug-likeness (QED) is 0.446. The van der Waals surface area contributed by atoms with Crippen molar-refractivity contribution >= 4 is 11.8 Å². The molecule has 0 aromatic heterocycles. The molecular formula is C6H9N3O2. The molecule has 0 saturated heterocycles. The third-order valence-corrected chi connectivity index (χ3v) is 1.57. The van der Waals surface area contributed by atoms with Gasteiger partial charge in [0.15, 0.2) is 0 Å². The topological polar surface area (TPSA) is 75.4 Å². The number of hydrogen-bond acceptors (Lipinski definition) is 4. The fraction of sp³-hybridized carbons (Fsp3) is 0.333. The van der Waals surface area contributed by atoms with E-state index >= 15 is 0 Å². The van der Waals surface area contributed by atoms with E-state index in [9.17, 15) is 9.59 Å². The molecule has 5 heteroatoms. The van der Waals surface area contributed by atoms with Crippen molar-refractivity contribution in [1.82, 2.24) is 10.2 Å². The zero-order valence-electron chi connectivity index (χ0n) is 6.34. The number of imide groups is 1. The van der Waals surface area contributed by atoms with Crippen LogP contribution in [0.2, 0.25) is 0 Å². The number of nitrogens with one attached hydrogen (secondary N) is 1. The predicted molar refractivity (Wildman–Crippen MR) is 38.1 cm³/mol. The van der Waals surface area contributed by atoms with E-state index in [1.165, 1.54) is 7.05 Å². The largest absolute Gasteiger partial charge is 0.392 e. The Hall–Kier alpha value is -1.52. The van der Waals surface area contributed by atoms with Gasteiger partial charge in [-0.3, -0.25) is 14.5 Å². The molecule has 2 amide bonds. The smallest absolute Gasteiger partial charge is 0.278 e. The van der Waals surface area contributed by atoms with E-state index < -0.39 is 5.91 Å². The molecule has 0 radical (unpaired) electrons. The summed E-state index contributed by atoms with van der Waals surface area (Å²) in [6.45, 7) is 0. The second-order valence-electron chi connectivity index (χ2n) is 2.21. The first-order valence-electron chi connectivity index (χ1n) is 3.09. The number of rotatable bonds is 1. The van der Waals surface area contributed by atoms with Gasteiger partial charge in [0.2, 0.25) is 0 Å². The lowest BCUT2D eigenvalue weighted by Crippen LogP contribution is -2.29. The van der Waals surface area contributed by atoms with Crippen LogP contribution < -0.4 is 11.1 Å². The summed E-state index contributed by atoms with van der Waals surface area (Å²) in [7, 11) is 2.94. The van der Waals surface area contributed by atoms with Crippen LogP contribution in [0, 0.1) is 0 Å². The van der Waals surface area contributed by atoms with Crippen LogP contribution in [0.4, 0.5) is 0 Å². The van der Waals surface area contributed by atoms with Gasteiger partial charge in [-0.25, -0.2) is 0 Å². The molecular weight excluding hydrogens is 146 g/mol. The minimum atomic E-state index is -0.445. The van der Waals surface area contributed by atoms with E-state index in [2.05, 4.69) is 5.32 Å². The number of carbonyl (C=O) groups excluding carboxylic acids is 2. The zero-order valence-corrected chi connectivity index (χ0v) is 6.34. The van der Waals surface area contributed by atoms with E-state index in [-0.39, 0.29) is 17.3 Å². The van der Waals surface area contributed by atoms with Crippen LogP contribution in [-0.2, 0) is 9.59 Å². The van der Waals surface area contributed by atoms with E-state index in [1.807, 2.05) is 0 Å². The molecule has 1 aliphatic heterocycles. The highest BCUT2D eigenvalue weighted by Crippen LogP contribution is 2.11. The van der Waals surface area contributed by atoms with Gasteiger partial charge in [0.1, 0.15) is 11.4 Å². The van der Waals surface area contributed by atoms with Gasteiger partial charge in [-0.05, 0) is 0 Å². The average molecular weight is 155 g/mol. The van der Waals surface area contributed by atoms with Crippen LogP contribution in [0.15, 0.2) is 11.4 Å². The third-order valence-electron chi connectivity index (χ3n) is 1.57. The van der Waals surface area contributed by atoms with Gasteiger partial charge in [-0.1, -0.05) is 0 Å². The molecule has 0 spiro atoms. The Morgan fingerprint density at radius 1 is 1.36 bits per heavy atom. The van der Waals surface area contributed by atoms with E-state index in [0.717, 1.165) is 4.90 Å². The normalized spacial score (nSPS) is 18.2. The van der Waals surface area contributed by atoms with Gasteiger partial charge in [-0.15, -0.1) is 0 Å². The van der Waals surface area contributed by atoms with Gasteiger partial charge >= 0.3 is 0 Å². The van der Waals surface area contributed by atoms with Crippen LogP contribution in [-0.4, -0.2) is 30.8 Å². The first kappa shape index (κ1) is 7.59. The molecule has 0 saturated carbocycles. The molecule has 5 nitrogen and oxygen atoms in total. The maximum Gasteiger partial charge on any atom is 0.278 e. The number of carbonyl (C=O) groups is 2. The lowest BCUT2D eigenvalue weighted by molar-refractivity contribution is -0.136. The Kier molecular flexibility index (Phi) is 1.56. The maximum atomic E-state index is 11.1. The molecule has 0 aliphatic carbocycles. The Morgan fingerprint density at radius 3 is 2.09 bits per heavy atom. The van der Waals surface area contributed by atoms with Crippen LogP contribution >= 0.6 is 0 Å². The number of nitrogens with two attached hydrogens (primary N) is 1. The summed E-state index contributed by atoms with van der Waals surface area (Å²) in [5, 5.41) is 2.57. The van der Waals surface area contributed by atoms with Gasteiger partial charge in [0.05, 0.1) is 0 Å². The summed E-state index contributed by atoms with van der Waals surface area (Å²) in [6.07, 6.45) is 0. The van der Waals surface area contributed by atoms with Crippen molar-refractivity contribution < 1.29 is 9.59 Å².